The number of benzene rings is 4. The van der Waals surface area contributed by atoms with Gasteiger partial charge in [0.2, 0.25) is 0 Å². The lowest BCUT2D eigenvalue weighted by molar-refractivity contribution is 0.0912. The maximum atomic E-state index is 15.4. The fraction of sp³-hybridized carbons (Fsp3) is 0.457. The number of piperazine rings is 1. The Morgan fingerprint density at radius 1 is 0.432 bits per heavy atom. The molecule has 9 aliphatic heterocycles. The highest BCUT2D eigenvalue weighted by molar-refractivity contribution is 7.22. The molecule has 726 valence electrons. The number of hydrogen-bond donors (Lipinski definition) is 12. The number of anilines is 8. The number of hydrogen-bond acceptors (Lipinski definition) is 29. The van der Waals surface area contributed by atoms with Crippen molar-refractivity contribution in [2.45, 2.75) is 230 Å². The fourth-order valence-electron chi connectivity index (χ4n) is 23.9. The molecule has 4 amide bonds. The van der Waals surface area contributed by atoms with E-state index in [1.165, 1.54) is 107 Å². The summed E-state index contributed by atoms with van der Waals surface area (Å²) in [4.78, 5) is 85.1. The number of carbonyl (C=O) groups excluding carboxylic acids is 4. The van der Waals surface area contributed by atoms with E-state index < -0.39 is 11.9 Å². The van der Waals surface area contributed by atoms with Gasteiger partial charge in [-0.1, -0.05) is 18.2 Å². The van der Waals surface area contributed by atoms with Crippen LogP contribution in [0.25, 0.3) is 40.9 Å². The summed E-state index contributed by atoms with van der Waals surface area (Å²) in [7, 11) is 0. The summed E-state index contributed by atoms with van der Waals surface area (Å²) in [6, 6.07) is 37.5. The van der Waals surface area contributed by atoms with Crippen molar-refractivity contribution in [2.24, 2.45) is 35.0 Å². The highest BCUT2D eigenvalue weighted by atomic mass is 32.1. The fourth-order valence-corrected chi connectivity index (χ4v) is 28.2. The van der Waals surface area contributed by atoms with E-state index in [9.17, 15) is 24.4 Å². The first-order valence-corrected chi connectivity index (χ1v) is 52.5. The Hall–Kier alpha value is -11.9. The normalized spacial score (nSPS) is 25.1. The summed E-state index contributed by atoms with van der Waals surface area (Å²) >= 11 is 5.29. The zero-order valence-electron chi connectivity index (χ0n) is 79.3. The van der Waals surface area contributed by atoms with Crippen LogP contribution in [-0.4, -0.2) is 175 Å². The number of halogens is 1. The molecule has 3 saturated carbocycles. The average molecular weight is 1950 g/mol. The van der Waals surface area contributed by atoms with Crippen LogP contribution in [0.15, 0.2) is 97.1 Å². The topological polar surface area (TPSA) is 436 Å². The second-order valence-corrected chi connectivity index (χ2v) is 44.5. The van der Waals surface area contributed by atoms with Crippen LogP contribution in [0.3, 0.4) is 0 Å². The van der Waals surface area contributed by atoms with E-state index in [0.29, 0.717) is 133 Å². The second kappa shape index (κ2) is 38.6. The van der Waals surface area contributed by atoms with Gasteiger partial charge in [0.25, 0.3) is 23.6 Å². The predicted octanol–water partition coefficient (Wildman–Crippen LogP) is 14.4. The number of fused-ring (bicyclic) bond motifs is 13. The van der Waals surface area contributed by atoms with Gasteiger partial charge in [-0.15, -0.1) is 45.3 Å². The molecule has 34 heteroatoms. The number of nitrogen functional groups attached to an aromatic ring is 4. The molecular formula is C105H122FN21O8S4. The molecule has 2 unspecified atom stereocenters. The highest BCUT2D eigenvalue weighted by Crippen LogP contribution is 2.48. The summed E-state index contributed by atoms with van der Waals surface area (Å²) in [6.07, 6.45) is 18.8. The molecular weight excluding hydrogens is 1830 g/mol. The Morgan fingerprint density at radius 3 is 1.18 bits per heavy atom. The lowest BCUT2D eigenvalue weighted by Crippen LogP contribution is -2.51. The van der Waals surface area contributed by atoms with E-state index in [2.05, 4.69) is 127 Å². The molecule has 0 spiro atoms. The molecule has 139 heavy (non-hydrogen) atoms. The van der Waals surface area contributed by atoms with Crippen LogP contribution in [0, 0.1) is 76.4 Å². The maximum absolute atomic E-state index is 15.4. The van der Waals surface area contributed by atoms with E-state index >= 15 is 4.39 Å². The molecule has 8 aromatic heterocycles. The van der Waals surface area contributed by atoms with Crippen molar-refractivity contribution in [3.05, 3.63) is 184 Å². The summed E-state index contributed by atoms with van der Waals surface area (Å²) < 4.78 is 39.7. The zero-order valence-corrected chi connectivity index (χ0v) is 82.6. The van der Waals surface area contributed by atoms with Gasteiger partial charge in [0, 0.05) is 173 Å². The number of aryl methyl sites for hydroxylation is 6. The van der Waals surface area contributed by atoms with Crippen LogP contribution in [0.1, 0.15) is 190 Å². The molecule has 24 rings (SSSR count). The summed E-state index contributed by atoms with van der Waals surface area (Å²) in [5.74, 6) is 4.11. The number of ether oxygens (including phenoxy) is 4. The van der Waals surface area contributed by atoms with Gasteiger partial charge >= 0.3 is 0 Å². The number of rotatable bonds is 12. The molecule has 8 fully saturated rings. The Bertz CT molecular complexity index is 6670. The summed E-state index contributed by atoms with van der Waals surface area (Å²) in [6.45, 7) is 17.9. The van der Waals surface area contributed by atoms with Gasteiger partial charge in [-0.3, -0.25) is 19.2 Å². The van der Waals surface area contributed by atoms with Gasteiger partial charge in [0.15, 0.2) is 0 Å². The third-order valence-electron chi connectivity index (χ3n) is 30.8. The van der Waals surface area contributed by atoms with Crippen molar-refractivity contribution >= 4 is 155 Å². The lowest BCUT2D eigenvalue weighted by atomic mass is 9.82. The smallest absolute Gasteiger partial charge is 0.263 e. The minimum atomic E-state index is -0.452. The third-order valence-corrected chi connectivity index (χ3v) is 35.2. The molecule has 12 aliphatic rings. The summed E-state index contributed by atoms with van der Waals surface area (Å²) in [5.41, 5.74) is 59.9. The molecule has 2 bridgehead atoms. The number of aromatic nitrogens is 4. The molecule has 5 saturated heterocycles. The van der Waals surface area contributed by atoms with Crippen molar-refractivity contribution < 1.29 is 42.5 Å². The molecule has 15 atom stereocenters. The standard InChI is InChI=1S/C27H33N5O2S.C26H27FN6O2S.2C26H31N5O2S/c1-14-9-15(2)30-27-23(14)24(29)25(35-27)26(33)31-19-10-17-4-6-20(12-22(17)34-13-19)32-8-7-16-3-5-18(28)11-21(16)32;1-12-5-13(2)30-26-21(12)22(29)24(36-26)25(34)32-16-6-17-19(27)7-20(18(8-28)23(17)35-11-16)33-9-14-3-4-15(10-33)31-14;2*1-14-2-7-20-23(28)24(34-26(20)29-14)25(32)30-18-10-16-4-6-19(12-22(16)33-13-18)31-9-8-15-3-5-17(27)11-21(15)31/h4,6,9,12,16,18-19,21H,3,5,7-8,10-11,13,28-29H2,1-2H3,(H,31,33);5,7,14-16,31H,3-4,6,9-11,29H2,1-2H3,(H,32,34);2*2,4,6-7,12,15,17-18,21H,3,5,8-11,13,27-28H2,1H3,(H,30,32)/t16-,18-,19-,21-;14?,15?,16-;15-,17+,18+,21-;15-,17+,18-,21-/m1101/s1. The molecule has 12 aromatic rings. The quantitative estimate of drug-likeness (QED) is 0.0540. The minimum Gasteiger partial charge on any atom is -0.491 e. The highest BCUT2D eigenvalue weighted by Gasteiger charge is 2.44. The maximum Gasteiger partial charge on any atom is 0.263 e. The molecule has 3 aliphatic carbocycles. The number of amides is 4. The van der Waals surface area contributed by atoms with Gasteiger partial charge in [-0.25, -0.2) is 24.3 Å². The Kier molecular flexibility index (Phi) is 25.9. The van der Waals surface area contributed by atoms with Gasteiger partial charge in [0.1, 0.15) is 106 Å². The van der Waals surface area contributed by atoms with Crippen molar-refractivity contribution in [3.8, 4) is 29.1 Å². The van der Waals surface area contributed by atoms with E-state index in [0.717, 1.165) is 230 Å². The van der Waals surface area contributed by atoms with E-state index in [-0.39, 0.29) is 54.8 Å². The third kappa shape index (κ3) is 18.7. The van der Waals surface area contributed by atoms with Gasteiger partial charge in [-0.2, -0.15) is 5.26 Å². The number of nitrogens with one attached hydrogen (secondary N) is 5. The van der Waals surface area contributed by atoms with E-state index in [4.69, 9.17) is 59.1 Å². The van der Waals surface area contributed by atoms with Crippen molar-refractivity contribution in [2.75, 3.05) is 102 Å². The molecule has 29 nitrogen and oxygen atoms in total. The molecule has 4 aromatic carbocycles. The van der Waals surface area contributed by atoms with Crippen molar-refractivity contribution in [1.29, 1.82) is 5.26 Å². The van der Waals surface area contributed by atoms with Gasteiger partial charge in [0.05, 0.1) is 52.6 Å². The minimum absolute atomic E-state index is 0.0994. The largest absolute Gasteiger partial charge is 0.491 e. The summed E-state index contributed by atoms with van der Waals surface area (Å²) in [5, 5.41) is 29.2. The first-order valence-electron chi connectivity index (χ1n) is 49.2. The Balaban J connectivity index is 0.000000110. The monoisotopic (exact) mass is 1950 g/mol. The van der Waals surface area contributed by atoms with Crippen LogP contribution in [0.4, 0.5) is 49.9 Å². The molecule has 0 radical (unpaired) electrons. The van der Waals surface area contributed by atoms with Crippen LogP contribution in [-0.2, 0) is 25.7 Å². The van der Waals surface area contributed by atoms with Crippen molar-refractivity contribution in [3.63, 3.8) is 0 Å². The van der Waals surface area contributed by atoms with Crippen LogP contribution in [0.5, 0.6) is 23.0 Å². The van der Waals surface area contributed by atoms with Crippen LogP contribution >= 0.6 is 45.3 Å². The SMILES string of the molecule is Cc1cc(C)c2c(N)c(C(=O)N[C@H]3COc4c(C#N)c(N5CC6CCC(C5)N6)cc(F)c4C3)sc2n1.Cc1cc(C)c2c(N)c(C(=O)N[C@H]3COc4cc(N5CC[C@H]6CC[C@@H](N)C[C@H]65)ccc4C3)sc2n1.Cc1ccc2c(N)c(C(=O)N[C@H]3COc4cc(N5CC[C@@H]6CC[C@@H](N)C[C@@H]65)ccc4C3)sc2n1.Cc1ccc2c(N)c(C(=O)N[C@H]3COc4cc(N5CC[C@H]6CC[C@H](N)C[C@H]65)ccc4C3)sc2n1. The van der Waals surface area contributed by atoms with Crippen molar-refractivity contribution in [1.82, 2.24) is 46.5 Å². The Labute approximate surface area is 823 Å². The first kappa shape index (κ1) is 93.4. The van der Waals surface area contributed by atoms with Gasteiger partial charge in [-0.05, 0) is 257 Å². The van der Waals surface area contributed by atoms with Gasteiger partial charge < -0.3 is 105 Å². The number of pyridine rings is 4. The average Bonchev–Trinajstić information content (AvgIpc) is 1.74. The number of carbonyl (C=O) groups is 4. The lowest BCUT2D eigenvalue weighted by Gasteiger charge is -2.36. The van der Waals surface area contributed by atoms with Crippen LogP contribution in [0.2, 0.25) is 0 Å². The Morgan fingerprint density at radius 2 is 0.791 bits per heavy atom. The number of nitriles is 1. The number of nitrogens with zero attached hydrogens (tertiary/aromatic N) is 9. The van der Waals surface area contributed by atoms with Crippen LogP contribution < -0.4 is 105 Å². The number of nitrogens with two attached hydrogens (primary N) is 7. The van der Waals surface area contributed by atoms with E-state index in [1.54, 1.807) is 0 Å². The van der Waals surface area contributed by atoms with E-state index in [1.807, 2.05) is 77.9 Å². The molecule has 17 heterocycles. The number of thiophene rings is 4. The first-order chi connectivity index (χ1) is 67.1. The zero-order chi connectivity index (χ0) is 96.2. The predicted molar refractivity (Wildman–Crippen MR) is 552 cm³/mol. The molecule has 19 N–H and O–H groups in total. The second-order valence-electron chi connectivity index (χ2n) is 40.5.